The molecule has 1 aliphatic rings. The summed E-state index contributed by atoms with van der Waals surface area (Å²) in [5, 5.41) is 3.32. The van der Waals surface area contributed by atoms with Crippen LogP contribution in [0.15, 0.2) is 18.2 Å². The smallest absolute Gasteiger partial charge is 0.228 e. The Kier molecular flexibility index (Phi) is 3.64. The summed E-state index contributed by atoms with van der Waals surface area (Å²) in [6.45, 7) is 1.81. The van der Waals surface area contributed by atoms with Gasteiger partial charge in [-0.3, -0.25) is 4.79 Å². The number of anilines is 1. The van der Waals surface area contributed by atoms with E-state index in [-0.39, 0.29) is 17.4 Å². The van der Waals surface area contributed by atoms with Crippen molar-refractivity contribution in [3.8, 4) is 0 Å². The minimum Gasteiger partial charge on any atom is -0.326 e. The van der Waals surface area contributed by atoms with Crippen LogP contribution in [0.1, 0.15) is 12.0 Å². The van der Waals surface area contributed by atoms with Gasteiger partial charge in [0.2, 0.25) is 5.91 Å². The van der Waals surface area contributed by atoms with Crippen LogP contribution in [0.2, 0.25) is 5.02 Å². The molecule has 4 nitrogen and oxygen atoms in total. The second-order valence-corrected chi connectivity index (χ2v) is 7.14. The summed E-state index contributed by atoms with van der Waals surface area (Å²) in [4.78, 5) is 11.9. The molecule has 0 bridgehead atoms. The van der Waals surface area contributed by atoms with E-state index >= 15 is 0 Å². The van der Waals surface area contributed by atoms with Crippen LogP contribution in [0.3, 0.4) is 0 Å². The van der Waals surface area contributed by atoms with Crippen molar-refractivity contribution in [2.75, 3.05) is 16.8 Å². The molecule has 1 fully saturated rings. The highest BCUT2D eigenvalue weighted by atomic mass is 35.5. The quantitative estimate of drug-likeness (QED) is 0.905. The Morgan fingerprint density at radius 1 is 1.44 bits per heavy atom. The van der Waals surface area contributed by atoms with E-state index in [0.29, 0.717) is 17.1 Å². The van der Waals surface area contributed by atoms with Crippen LogP contribution in [0.4, 0.5) is 5.69 Å². The van der Waals surface area contributed by atoms with Crippen molar-refractivity contribution >= 4 is 33.0 Å². The summed E-state index contributed by atoms with van der Waals surface area (Å²) in [7, 11) is -3.04. The Hall–Kier alpha value is -1.07. The topological polar surface area (TPSA) is 63.2 Å². The van der Waals surface area contributed by atoms with E-state index in [2.05, 4.69) is 5.32 Å². The third kappa shape index (κ3) is 2.84. The fraction of sp³-hybridized carbons (Fsp3) is 0.417. The zero-order valence-corrected chi connectivity index (χ0v) is 11.5. The van der Waals surface area contributed by atoms with Crippen LogP contribution >= 0.6 is 11.6 Å². The predicted molar refractivity (Wildman–Crippen MR) is 71.6 cm³/mol. The third-order valence-electron chi connectivity index (χ3n) is 3.13. The van der Waals surface area contributed by atoms with Gasteiger partial charge in [0, 0.05) is 10.7 Å². The van der Waals surface area contributed by atoms with Crippen molar-refractivity contribution in [1.29, 1.82) is 0 Å². The Balaban J connectivity index is 2.11. The van der Waals surface area contributed by atoms with Crippen LogP contribution in [0.25, 0.3) is 0 Å². The summed E-state index contributed by atoms with van der Waals surface area (Å²) in [6.07, 6.45) is 0.397. The molecule has 0 saturated carbocycles. The number of hydrogen-bond acceptors (Lipinski definition) is 3. The Labute approximate surface area is 111 Å². The molecule has 1 aliphatic heterocycles. The molecule has 0 radical (unpaired) electrons. The van der Waals surface area contributed by atoms with E-state index in [4.69, 9.17) is 11.6 Å². The highest BCUT2D eigenvalue weighted by Crippen LogP contribution is 2.25. The molecule has 1 atom stereocenters. The molecule has 2 rings (SSSR count). The van der Waals surface area contributed by atoms with Crippen molar-refractivity contribution < 1.29 is 13.2 Å². The average molecular weight is 288 g/mol. The van der Waals surface area contributed by atoms with Crippen LogP contribution in [-0.4, -0.2) is 25.8 Å². The maximum absolute atomic E-state index is 11.9. The molecule has 0 aliphatic carbocycles. The van der Waals surface area contributed by atoms with E-state index in [1.54, 1.807) is 18.2 Å². The van der Waals surface area contributed by atoms with Gasteiger partial charge in [-0.25, -0.2) is 8.42 Å². The summed E-state index contributed by atoms with van der Waals surface area (Å²) in [5.74, 6) is -0.659. The Morgan fingerprint density at radius 2 is 2.17 bits per heavy atom. The molecular weight excluding hydrogens is 274 g/mol. The summed E-state index contributed by atoms with van der Waals surface area (Å²) in [5.41, 5.74) is 1.42. The molecule has 1 N–H and O–H groups in total. The Bertz CT molecular complexity index is 583. The van der Waals surface area contributed by atoms with E-state index in [1.807, 2.05) is 6.92 Å². The first-order valence-corrected chi connectivity index (χ1v) is 7.85. The number of rotatable bonds is 2. The van der Waals surface area contributed by atoms with E-state index < -0.39 is 15.8 Å². The first-order valence-electron chi connectivity index (χ1n) is 5.65. The monoisotopic (exact) mass is 287 g/mol. The van der Waals surface area contributed by atoms with Crippen LogP contribution < -0.4 is 5.32 Å². The lowest BCUT2D eigenvalue weighted by molar-refractivity contribution is -0.119. The fourth-order valence-electron chi connectivity index (χ4n) is 1.98. The molecule has 1 amide bonds. The van der Waals surface area contributed by atoms with Gasteiger partial charge in [-0.2, -0.15) is 0 Å². The van der Waals surface area contributed by atoms with E-state index in [0.717, 1.165) is 5.56 Å². The second kappa shape index (κ2) is 4.90. The number of carbonyl (C=O) groups is 1. The van der Waals surface area contributed by atoms with Crippen molar-refractivity contribution in [1.82, 2.24) is 0 Å². The first kappa shape index (κ1) is 13.4. The van der Waals surface area contributed by atoms with E-state index in [9.17, 15) is 13.2 Å². The maximum Gasteiger partial charge on any atom is 0.228 e. The first-order chi connectivity index (χ1) is 8.39. The standard InChI is InChI=1S/C12H14ClNO3S/c1-8-10(13)3-2-4-11(8)14-12(15)9-5-6-18(16,17)7-9/h2-4,9H,5-7H2,1H3,(H,14,15). The number of nitrogens with one attached hydrogen (secondary N) is 1. The number of halogens is 1. The number of amides is 1. The molecule has 0 aromatic heterocycles. The van der Waals surface area contributed by atoms with Crippen molar-refractivity contribution in [2.45, 2.75) is 13.3 Å². The van der Waals surface area contributed by atoms with Gasteiger partial charge in [0.15, 0.2) is 9.84 Å². The highest BCUT2D eigenvalue weighted by Gasteiger charge is 2.33. The molecular formula is C12H14ClNO3S. The molecule has 1 heterocycles. The second-order valence-electron chi connectivity index (χ2n) is 4.50. The van der Waals surface area contributed by atoms with Gasteiger partial charge >= 0.3 is 0 Å². The largest absolute Gasteiger partial charge is 0.326 e. The third-order valence-corrected chi connectivity index (χ3v) is 5.31. The van der Waals surface area contributed by atoms with E-state index in [1.165, 1.54) is 0 Å². The lowest BCUT2D eigenvalue weighted by Crippen LogP contribution is -2.24. The summed E-state index contributed by atoms with van der Waals surface area (Å²) >= 11 is 5.96. The van der Waals surface area contributed by atoms with Gasteiger partial charge in [-0.1, -0.05) is 17.7 Å². The molecule has 1 aromatic rings. The molecule has 1 unspecified atom stereocenters. The zero-order valence-electron chi connectivity index (χ0n) is 9.94. The van der Waals surface area contributed by atoms with Gasteiger partial charge in [0.1, 0.15) is 0 Å². The predicted octanol–water partition coefficient (Wildman–Crippen LogP) is 2.02. The van der Waals surface area contributed by atoms with Crippen molar-refractivity contribution in [2.24, 2.45) is 5.92 Å². The van der Waals surface area contributed by atoms with Crippen LogP contribution in [0, 0.1) is 12.8 Å². The molecule has 6 heteroatoms. The normalized spacial score (nSPS) is 21.8. The molecule has 1 saturated heterocycles. The van der Waals surface area contributed by atoms with Gasteiger partial charge in [0.05, 0.1) is 17.4 Å². The molecule has 98 valence electrons. The van der Waals surface area contributed by atoms with Crippen molar-refractivity contribution in [3.05, 3.63) is 28.8 Å². The minimum absolute atomic E-state index is 0.0571. The van der Waals surface area contributed by atoms with Crippen LogP contribution in [-0.2, 0) is 14.6 Å². The van der Waals surface area contributed by atoms with Gasteiger partial charge in [0.25, 0.3) is 0 Å². The maximum atomic E-state index is 11.9. The minimum atomic E-state index is -3.04. The highest BCUT2D eigenvalue weighted by molar-refractivity contribution is 7.91. The SMILES string of the molecule is Cc1c(Cl)cccc1NC(=O)C1CCS(=O)(=O)C1. The number of benzene rings is 1. The van der Waals surface area contributed by atoms with Gasteiger partial charge in [-0.05, 0) is 31.0 Å². The molecule has 18 heavy (non-hydrogen) atoms. The Morgan fingerprint density at radius 3 is 2.78 bits per heavy atom. The summed E-state index contributed by atoms with van der Waals surface area (Å²) < 4.78 is 22.6. The van der Waals surface area contributed by atoms with Gasteiger partial charge < -0.3 is 5.32 Å². The number of sulfone groups is 1. The lowest BCUT2D eigenvalue weighted by Gasteiger charge is -2.12. The fourth-order valence-corrected chi connectivity index (χ4v) is 3.90. The zero-order chi connectivity index (χ0) is 13.3. The molecule has 0 spiro atoms. The molecule has 1 aromatic carbocycles. The van der Waals surface area contributed by atoms with Crippen LogP contribution in [0.5, 0.6) is 0 Å². The average Bonchev–Trinajstić information content (AvgIpc) is 2.65. The summed E-state index contributed by atoms with van der Waals surface area (Å²) in [6, 6.07) is 5.24. The lowest BCUT2D eigenvalue weighted by atomic mass is 10.1. The van der Waals surface area contributed by atoms with Gasteiger partial charge in [-0.15, -0.1) is 0 Å². The number of hydrogen-bond donors (Lipinski definition) is 1. The van der Waals surface area contributed by atoms with Crippen molar-refractivity contribution in [3.63, 3.8) is 0 Å². The number of carbonyl (C=O) groups excluding carboxylic acids is 1.